The third kappa shape index (κ3) is 2.45. The second kappa shape index (κ2) is 5.07. The van der Waals surface area contributed by atoms with Crippen LogP contribution in [0.4, 0.5) is 0 Å². The summed E-state index contributed by atoms with van der Waals surface area (Å²) in [6.45, 7) is 0.812. The highest BCUT2D eigenvalue weighted by atomic mass is 16.3. The molecule has 1 unspecified atom stereocenters. The summed E-state index contributed by atoms with van der Waals surface area (Å²) < 4.78 is 0. The van der Waals surface area contributed by atoms with E-state index in [2.05, 4.69) is 5.32 Å². The Morgan fingerprint density at radius 2 is 2.24 bits per heavy atom. The normalized spacial score (nSPS) is 29.2. The fourth-order valence-electron chi connectivity index (χ4n) is 2.90. The molecule has 0 saturated heterocycles. The van der Waals surface area contributed by atoms with E-state index in [0.29, 0.717) is 0 Å². The maximum atomic E-state index is 10.9. The molecule has 3 nitrogen and oxygen atoms in total. The monoisotopic (exact) mass is 235 g/mol. The fourth-order valence-corrected chi connectivity index (χ4v) is 2.90. The van der Waals surface area contributed by atoms with Crippen molar-refractivity contribution in [3.8, 4) is 5.75 Å². The number of rotatable bonds is 3. The molecule has 94 valence electrons. The van der Waals surface area contributed by atoms with Gasteiger partial charge in [0.15, 0.2) is 0 Å². The van der Waals surface area contributed by atoms with Crippen LogP contribution in [-0.4, -0.2) is 23.8 Å². The third-order valence-electron chi connectivity index (χ3n) is 3.83. The SMILES string of the molecule is CNCC1CCCC[C@]1(O)c1cccc(O)c1. The van der Waals surface area contributed by atoms with Gasteiger partial charge in [-0.05, 0) is 37.6 Å². The molecular formula is C14H21NO2. The van der Waals surface area contributed by atoms with Crippen LogP contribution in [-0.2, 0) is 5.60 Å². The molecule has 0 aliphatic heterocycles. The Morgan fingerprint density at radius 1 is 1.41 bits per heavy atom. The molecule has 1 fully saturated rings. The zero-order valence-electron chi connectivity index (χ0n) is 10.3. The molecule has 3 heteroatoms. The van der Waals surface area contributed by atoms with Crippen molar-refractivity contribution in [3.05, 3.63) is 29.8 Å². The Labute approximate surface area is 102 Å². The van der Waals surface area contributed by atoms with Gasteiger partial charge >= 0.3 is 0 Å². The zero-order valence-corrected chi connectivity index (χ0v) is 10.3. The predicted molar refractivity (Wildman–Crippen MR) is 67.9 cm³/mol. The van der Waals surface area contributed by atoms with Crippen molar-refractivity contribution in [1.29, 1.82) is 0 Å². The Hall–Kier alpha value is -1.06. The molecular weight excluding hydrogens is 214 g/mol. The van der Waals surface area contributed by atoms with Crippen LogP contribution in [0.3, 0.4) is 0 Å². The Morgan fingerprint density at radius 3 is 2.94 bits per heavy atom. The van der Waals surface area contributed by atoms with Crippen molar-refractivity contribution < 1.29 is 10.2 Å². The Balaban J connectivity index is 2.30. The van der Waals surface area contributed by atoms with Crippen LogP contribution in [0.5, 0.6) is 5.75 Å². The largest absolute Gasteiger partial charge is 0.508 e. The van der Waals surface area contributed by atoms with E-state index in [1.54, 1.807) is 18.2 Å². The molecule has 0 aromatic heterocycles. The first kappa shape index (κ1) is 12.4. The van der Waals surface area contributed by atoms with Crippen molar-refractivity contribution in [3.63, 3.8) is 0 Å². The number of benzene rings is 1. The summed E-state index contributed by atoms with van der Waals surface area (Å²) in [5.74, 6) is 0.452. The maximum Gasteiger partial charge on any atom is 0.115 e. The van der Waals surface area contributed by atoms with E-state index >= 15 is 0 Å². The minimum atomic E-state index is -0.792. The van der Waals surface area contributed by atoms with Crippen LogP contribution < -0.4 is 5.32 Å². The van der Waals surface area contributed by atoms with Gasteiger partial charge in [0, 0.05) is 12.5 Å². The molecule has 2 rings (SSSR count). The first-order chi connectivity index (χ1) is 8.16. The summed E-state index contributed by atoms with van der Waals surface area (Å²) in [5, 5.41) is 23.6. The Kier molecular flexibility index (Phi) is 3.69. The molecule has 0 amide bonds. The van der Waals surface area contributed by atoms with Crippen LogP contribution in [0.2, 0.25) is 0 Å². The second-order valence-electron chi connectivity index (χ2n) is 4.97. The summed E-state index contributed by atoms with van der Waals surface area (Å²) in [6, 6.07) is 7.04. The highest BCUT2D eigenvalue weighted by Gasteiger charge is 2.39. The number of aliphatic hydroxyl groups is 1. The molecule has 1 aromatic carbocycles. The molecule has 0 radical (unpaired) electrons. The van der Waals surface area contributed by atoms with Gasteiger partial charge in [0.25, 0.3) is 0 Å². The fraction of sp³-hybridized carbons (Fsp3) is 0.571. The van der Waals surface area contributed by atoms with E-state index in [1.165, 1.54) is 6.42 Å². The average Bonchev–Trinajstić information content (AvgIpc) is 2.32. The van der Waals surface area contributed by atoms with E-state index in [4.69, 9.17) is 0 Å². The lowest BCUT2D eigenvalue weighted by Gasteiger charge is -2.40. The van der Waals surface area contributed by atoms with Crippen molar-refractivity contribution in [2.75, 3.05) is 13.6 Å². The predicted octanol–water partition coefficient (Wildman–Crippen LogP) is 1.99. The lowest BCUT2D eigenvalue weighted by molar-refractivity contribution is -0.0531. The summed E-state index contributed by atoms with van der Waals surface area (Å²) in [5.41, 5.74) is 0.0532. The van der Waals surface area contributed by atoms with Gasteiger partial charge in [0.05, 0.1) is 5.60 Å². The number of nitrogens with one attached hydrogen (secondary N) is 1. The lowest BCUT2D eigenvalue weighted by atomic mass is 9.71. The first-order valence-electron chi connectivity index (χ1n) is 6.33. The molecule has 1 aliphatic carbocycles. The summed E-state index contributed by atoms with van der Waals surface area (Å²) in [6.07, 6.45) is 4.04. The second-order valence-corrected chi connectivity index (χ2v) is 4.97. The van der Waals surface area contributed by atoms with Crippen LogP contribution >= 0.6 is 0 Å². The molecule has 2 atom stereocenters. The first-order valence-corrected chi connectivity index (χ1v) is 6.33. The van der Waals surface area contributed by atoms with Gasteiger partial charge in [-0.1, -0.05) is 25.0 Å². The minimum absolute atomic E-state index is 0.225. The Bertz CT molecular complexity index is 378. The molecule has 17 heavy (non-hydrogen) atoms. The molecule has 0 bridgehead atoms. The van der Waals surface area contributed by atoms with Crippen LogP contribution in [0.1, 0.15) is 31.2 Å². The topological polar surface area (TPSA) is 52.5 Å². The highest BCUT2D eigenvalue weighted by Crippen LogP contribution is 2.42. The van der Waals surface area contributed by atoms with E-state index in [1.807, 2.05) is 13.1 Å². The quantitative estimate of drug-likeness (QED) is 0.751. The van der Waals surface area contributed by atoms with Crippen molar-refractivity contribution in [1.82, 2.24) is 5.32 Å². The zero-order chi connectivity index (χ0) is 12.3. The third-order valence-corrected chi connectivity index (χ3v) is 3.83. The number of aromatic hydroxyl groups is 1. The molecule has 0 heterocycles. The molecule has 3 N–H and O–H groups in total. The smallest absolute Gasteiger partial charge is 0.115 e. The van der Waals surface area contributed by atoms with E-state index < -0.39 is 5.60 Å². The van der Waals surface area contributed by atoms with Gasteiger partial charge < -0.3 is 15.5 Å². The summed E-state index contributed by atoms with van der Waals surface area (Å²) in [4.78, 5) is 0. The van der Waals surface area contributed by atoms with Gasteiger partial charge in [-0.3, -0.25) is 0 Å². The highest BCUT2D eigenvalue weighted by molar-refractivity contribution is 5.32. The number of phenolic OH excluding ortho intramolecular Hbond substituents is 1. The van der Waals surface area contributed by atoms with Crippen molar-refractivity contribution >= 4 is 0 Å². The molecule has 0 spiro atoms. The number of hydrogen-bond donors (Lipinski definition) is 3. The van der Waals surface area contributed by atoms with Crippen LogP contribution in [0.15, 0.2) is 24.3 Å². The number of hydrogen-bond acceptors (Lipinski definition) is 3. The standard InChI is InChI=1S/C14H21NO2/c1-15-10-12-5-2-3-8-14(12,17)11-6-4-7-13(16)9-11/h4,6-7,9,12,15-17H,2-3,5,8,10H2,1H3/t12?,14-/m0/s1. The van der Waals surface area contributed by atoms with Gasteiger partial charge in [0.1, 0.15) is 5.75 Å². The van der Waals surface area contributed by atoms with Crippen molar-refractivity contribution in [2.24, 2.45) is 5.92 Å². The molecule has 1 aromatic rings. The van der Waals surface area contributed by atoms with E-state index in [-0.39, 0.29) is 11.7 Å². The average molecular weight is 235 g/mol. The van der Waals surface area contributed by atoms with Gasteiger partial charge in [0.2, 0.25) is 0 Å². The van der Waals surface area contributed by atoms with Gasteiger partial charge in [-0.2, -0.15) is 0 Å². The van der Waals surface area contributed by atoms with Crippen LogP contribution in [0, 0.1) is 5.92 Å². The number of phenols is 1. The summed E-state index contributed by atoms with van der Waals surface area (Å²) >= 11 is 0. The van der Waals surface area contributed by atoms with Gasteiger partial charge in [-0.25, -0.2) is 0 Å². The van der Waals surface area contributed by atoms with Crippen molar-refractivity contribution in [2.45, 2.75) is 31.3 Å². The summed E-state index contributed by atoms with van der Waals surface area (Å²) in [7, 11) is 1.91. The minimum Gasteiger partial charge on any atom is -0.508 e. The van der Waals surface area contributed by atoms with Crippen LogP contribution in [0.25, 0.3) is 0 Å². The lowest BCUT2D eigenvalue weighted by Crippen LogP contribution is -2.42. The van der Waals surface area contributed by atoms with Gasteiger partial charge in [-0.15, -0.1) is 0 Å². The maximum absolute atomic E-state index is 10.9. The van der Waals surface area contributed by atoms with E-state index in [9.17, 15) is 10.2 Å². The van der Waals surface area contributed by atoms with E-state index in [0.717, 1.165) is 31.4 Å². The molecule has 1 saturated carbocycles. The molecule has 1 aliphatic rings.